The first-order chi connectivity index (χ1) is 15.4. The Hall–Kier alpha value is -4.13. The smallest absolute Gasteiger partial charge is 0.274 e. The van der Waals surface area contributed by atoms with E-state index in [1.165, 1.54) is 0 Å². The lowest BCUT2D eigenvalue weighted by Crippen LogP contribution is -2.35. The molecule has 7 nitrogen and oxygen atoms in total. The number of carbonyl (C=O) groups excluding carboxylic acids is 2. The number of amides is 2. The van der Waals surface area contributed by atoms with E-state index in [2.05, 4.69) is 5.32 Å². The van der Waals surface area contributed by atoms with Gasteiger partial charge in [-0.05, 0) is 37.6 Å². The van der Waals surface area contributed by atoms with Gasteiger partial charge in [0.2, 0.25) is 0 Å². The van der Waals surface area contributed by atoms with Gasteiger partial charge < -0.3 is 15.0 Å². The standard InChI is InChI=1S/C25H22N4O3/c1-15-4-7-17(8-5-15)23-24(29-13-16(2)6-11-21(29)27-23)25(31)26-18-9-10-19-20(12-18)32-14-22(30)28(19)3/h4-13H,14H2,1-3H3,(H,26,31). The van der Waals surface area contributed by atoms with Gasteiger partial charge in [-0.15, -0.1) is 0 Å². The van der Waals surface area contributed by atoms with Crippen LogP contribution in [-0.4, -0.2) is 34.9 Å². The number of nitrogens with zero attached hydrogens (tertiary/aromatic N) is 3. The number of ether oxygens (including phenoxy) is 1. The average molecular weight is 426 g/mol. The first kappa shape index (κ1) is 19.8. The molecule has 0 bridgehead atoms. The summed E-state index contributed by atoms with van der Waals surface area (Å²) in [6, 6.07) is 17.1. The zero-order valence-electron chi connectivity index (χ0n) is 18.0. The molecule has 0 fully saturated rings. The van der Waals surface area contributed by atoms with Gasteiger partial charge in [0, 0.05) is 30.6 Å². The average Bonchev–Trinajstić information content (AvgIpc) is 3.15. The summed E-state index contributed by atoms with van der Waals surface area (Å²) in [6.07, 6.45) is 1.91. The fraction of sp³-hybridized carbons (Fsp3) is 0.160. The number of imidazole rings is 1. The highest BCUT2D eigenvalue weighted by molar-refractivity contribution is 6.08. The Morgan fingerprint density at radius 2 is 1.78 bits per heavy atom. The van der Waals surface area contributed by atoms with Crippen LogP contribution in [0.4, 0.5) is 11.4 Å². The number of carbonyl (C=O) groups is 2. The molecule has 0 atom stereocenters. The van der Waals surface area contributed by atoms with Crippen LogP contribution < -0.4 is 15.0 Å². The van der Waals surface area contributed by atoms with Crippen molar-refractivity contribution >= 4 is 28.8 Å². The van der Waals surface area contributed by atoms with Crippen LogP contribution in [0.3, 0.4) is 0 Å². The normalized spacial score (nSPS) is 13.1. The molecule has 3 heterocycles. The van der Waals surface area contributed by atoms with Gasteiger partial charge in [-0.1, -0.05) is 35.9 Å². The van der Waals surface area contributed by atoms with Crippen LogP contribution in [0.2, 0.25) is 0 Å². The number of hydrogen-bond donors (Lipinski definition) is 1. The van der Waals surface area contributed by atoms with E-state index in [0.717, 1.165) is 16.7 Å². The predicted molar refractivity (Wildman–Crippen MR) is 123 cm³/mol. The van der Waals surface area contributed by atoms with Crippen LogP contribution in [0.15, 0.2) is 60.8 Å². The van der Waals surface area contributed by atoms with E-state index in [4.69, 9.17) is 9.72 Å². The molecule has 1 aliphatic heterocycles. The van der Waals surface area contributed by atoms with Crippen molar-refractivity contribution in [2.45, 2.75) is 13.8 Å². The summed E-state index contributed by atoms with van der Waals surface area (Å²) in [5.41, 5.74) is 6.05. The minimum atomic E-state index is -0.279. The van der Waals surface area contributed by atoms with Crippen molar-refractivity contribution in [1.82, 2.24) is 9.38 Å². The van der Waals surface area contributed by atoms with Crippen molar-refractivity contribution in [2.75, 3.05) is 23.9 Å². The third-order valence-corrected chi connectivity index (χ3v) is 5.61. The molecule has 0 saturated carbocycles. The van der Waals surface area contributed by atoms with E-state index in [-0.39, 0.29) is 18.4 Å². The molecule has 0 unspecified atom stereocenters. The third kappa shape index (κ3) is 3.37. The molecular formula is C25H22N4O3. The summed E-state index contributed by atoms with van der Waals surface area (Å²) in [4.78, 5) is 31.6. The molecule has 0 spiro atoms. The monoisotopic (exact) mass is 426 g/mol. The van der Waals surface area contributed by atoms with Gasteiger partial charge in [-0.25, -0.2) is 4.98 Å². The number of fused-ring (bicyclic) bond motifs is 2. The van der Waals surface area contributed by atoms with E-state index in [1.54, 1.807) is 30.1 Å². The number of rotatable bonds is 3. The van der Waals surface area contributed by atoms with Gasteiger partial charge >= 0.3 is 0 Å². The van der Waals surface area contributed by atoms with Crippen LogP contribution in [0.1, 0.15) is 21.6 Å². The molecule has 0 radical (unpaired) electrons. The number of nitrogens with one attached hydrogen (secondary N) is 1. The van der Waals surface area contributed by atoms with E-state index >= 15 is 0 Å². The second-order valence-corrected chi connectivity index (χ2v) is 7.99. The van der Waals surface area contributed by atoms with Gasteiger partial charge in [-0.2, -0.15) is 0 Å². The van der Waals surface area contributed by atoms with E-state index < -0.39 is 0 Å². The number of aromatic nitrogens is 2. The molecule has 160 valence electrons. The summed E-state index contributed by atoms with van der Waals surface area (Å²) >= 11 is 0. The molecule has 7 heteroatoms. The molecule has 5 rings (SSSR count). The highest BCUT2D eigenvalue weighted by Crippen LogP contribution is 2.34. The predicted octanol–water partition coefficient (Wildman–Crippen LogP) is 4.23. The molecule has 2 amide bonds. The number of likely N-dealkylation sites (N-methyl/N-ethyl adjacent to an activating group) is 1. The number of aryl methyl sites for hydroxylation is 2. The van der Waals surface area contributed by atoms with Crippen molar-refractivity contribution in [3.05, 3.63) is 77.6 Å². The maximum absolute atomic E-state index is 13.5. The van der Waals surface area contributed by atoms with Crippen LogP contribution >= 0.6 is 0 Å². The third-order valence-electron chi connectivity index (χ3n) is 5.61. The fourth-order valence-corrected chi connectivity index (χ4v) is 3.83. The first-order valence-corrected chi connectivity index (χ1v) is 10.3. The topological polar surface area (TPSA) is 75.9 Å². The quantitative estimate of drug-likeness (QED) is 0.532. The van der Waals surface area contributed by atoms with Gasteiger partial charge in [0.15, 0.2) is 6.61 Å². The Morgan fingerprint density at radius 1 is 1.03 bits per heavy atom. The van der Waals surface area contributed by atoms with E-state index in [0.29, 0.717) is 34.2 Å². The molecule has 1 N–H and O–H groups in total. The van der Waals surface area contributed by atoms with Gasteiger partial charge in [0.05, 0.1) is 5.69 Å². The van der Waals surface area contributed by atoms with Crippen molar-refractivity contribution in [2.24, 2.45) is 0 Å². The maximum Gasteiger partial charge on any atom is 0.274 e. The van der Waals surface area contributed by atoms with Gasteiger partial charge in [0.1, 0.15) is 22.8 Å². The first-order valence-electron chi connectivity index (χ1n) is 10.3. The molecule has 2 aromatic heterocycles. The molecule has 1 aliphatic rings. The van der Waals surface area contributed by atoms with Gasteiger partial charge in [0.25, 0.3) is 11.8 Å². The van der Waals surface area contributed by atoms with Crippen molar-refractivity contribution in [3.8, 4) is 17.0 Å². The summed E-state index contributed by atoms with van der Waals surface area (Å²) in [5.74, 6) is 0.162. The second-order valence-electron chi connectivity index (χ2n) is 7.99. The Morgan fingerprint density at radius 3 is 2.56 bits per heavy atom. The molecule has 32 heavy (non-hydrogen) atoms. The number of benzene rings is 2. The van der Waals surface area contributed by atoms with Crippen LogP contribution in [0.5, 0.6) is 5.75 Å². The van der Waals surface area contributed by atoms with Crippen LogP contribution in [0.25, 0.3) is 16.9 Å². The molecule has 0 saturated heterocycles. The summed E-state index contributed by atoms with van der Waals surface area (Å²) in [7, 11) is 1.70. The molecule has 4 aromatic rings. The lowest BCUT2D eigenvalue weighted by atomic mass is 10.1. The number of pyridine rings is 1. The lowest BCUT2D eigenvalue weighted by molar-refractivity contribution is -0.120. The van der Waals surface area contributed by atoms with E-state index in [9.17, 15) is 9.59 Å². The summed E-state index contributed by atoms with van der Waals surface area (Å²) in [5, 5.41) is 2.97. The Kier molecular flexibility index (Phi) is 4.66. The minimum Gasteiger partial charge on any atom is -0.481 e. The van der Waals surface area contributed by atoms with Gasteiger partial charge in [-0.3, -0.25) is 14.0 Å². The molecule has 0 aliphatic carbocycles. The SMILES string of the molecule is Cc1ccc(-c2nc3ccc(C)cn3c2C(=O)Nc2ccc3c(c2)OCC(=O)N3C)cc1. The van der Waals surface area contributed by atoms with E-state index in [1.807, 2.05) is 60.8 Å². The minimum absolute atomic E-state index is 0.0228. The zero-order valence-corrected chi connectivity index (χ0v) is 18.0. The largest absolute Gasteiger partial charge is 0.481 e. The zero-order chi connectivity index (χ0) is 22.4. The number of anilines is 2. The van der Waals surface area contributed by atoms with Crippen molar-refractivity contribution in [1.29, 1.82) is 0 Å². The van der Waals surface area contributed by atoms with Crippen molar-refractivity contribution < 1.29 is 14.3 Å². The lowest BCUT2D eigenvalue weighted by Gasteiger charge is -2.26. The summed E-state index contributed by atoms with van der Waals surface area (Å²) in [6.45, 7) is 3.98. The highest BCUT2D eigenvalue weighted by atomic mass is 16.5. The Balaban J connectivity index is 1.56. The van der Waals surface area contributed by atoms with Crippen molar-refractivity contribution in [3.63, 3.8) is 0 Å². The Labute approximate surface area is 185 Å². The maximum atomic E-state index is 13.5. The highest BCUT2D eigenvalue weighted by Gasteiger charge is 2.24. The fourth-order valence-electron chi connectivity index (χ4n) is 3.83. The Bertz CT molecular complexity index is 1370. The number of hydrogen-bond acceptors (Lipinski definition) is 4. The second kappa shape index (κ2) is 7.53. The molecular weight excluding hydrogens is 404 g/mol. The summed E-state index contributed by atoms with van der Waals surface area (Å²) < 4.78 is 7.37. The van der Waals surface area contributed by atoms with Crippen LogP contribution in [-0.2, 0) is 4.79 Å². The molecule has 2 aromatic carbocycles. The van der Waals surface area contributed by atoms with Crippen LogP contribution in [0, 0.1) is 13.8 Å².